The summed E-state index contributed by atoms with van der Waals surface area (Å²) in [5.74, 6) is 0.972. The van der Waals surface area contributed by atoms with Gasteiger partial charge in [0, 0.05) is 19.0 Å². The maximum absolute atomic E-state index is 13.0. The number of hydrogen-bond donors (Lipinski definition) is 1. The number of nitrogens with one attached hydrogen (secondary N) is 1. The molecule has 1 unspecified atom stereocenters. The third-order valence-corrected chi connectivity index (χ3v) is 7.35. The largest absolute Gasteiger partial charge is 0.486 e. The highest BCUT2D eigenvalue weighted by molar-refractivity contribution is 7.92. The van der Waals surface area contributed by atoms with E-state index in [9.17, 15) is 13.2 Å². The molecule has 4 rings (SSSR count). The predicted molar refractivity (Wildman–Crippen MR) is 141 cm³/mol. The topological polar surface area (TPSA) is 84.9 Å². The van der Waals surface area contributed by atoms with Crippen molar-refractivity contribution in [3.8, 4) is 11.5 Å². The van der Waals surface area contributed by atoms with Gasteiger partial charge in [-0.2, -0.15) is 0 Å². The molecule has 7 nitrogen and oxygen atoms in total. The minimum atomic E-state index is -3.56. The number of fused-ring (bicyclic) bond motifs is 1. The van der Waals surface area contributed by atoms with Gasteiger partial charge in [-0.05, 0) is 49.1 Å². The Morgan fingerprint density at radius 2 is 1.69 bits per heavy atom. The first kappa shape index (κ1) is 25.6. The number of anilines is 1. The molecule has 0 fully saturated rings. The first-order chi connectivity index (χ1) is 17.2. The average Bonchev–Trinajstić information content (AvgIpc) is 2.85. The molecule has 0 aromatic heterocycles. The van der Waals surface area contributed by atoms with Crippen LogP contribution in [0.5, 0.6) is 11.5 Å². The Morgan fingerprint density at radius 3 is 2.39 bits per heavy atom. The molecule has 3 aromatic rings. The van der Waals surface area contributed by atoms with Gasteiger partial charge in [-0.1, -0.05) is 54.1 Å². The summed E-state index contributed by atoms with van der Waals surface area (Å²) in [6.07, 6.45) is 1.71. The Bertz CT molecular complexity index is 1330. The lowest BCUT2D eigenvalue weighted by Crippen LogP contribution is -2.33. The van der Waals surface area contributed by atoms with Gasteiger partial charge in [0.15, 0.2) is 11.5 Å². The van der Waals surface area contributed by atoms with Crippen molar-refractivity contribution < 1.29 is 22.7 Å². The van der Waals surface area contributed by atoms with Crippen LogP contribution in [0.1, 0.15) is 41.1 Å². The van der Waals surface area contributed by atoms with E-state index in [2.05, 4.69) is 17.4 Å². The van der Waals surface area contributed by atoms with E-state index < -0.39 is 10.0 Å². The van der Waals surface area contributed by atoms with E-state index >= 15 is 0 Å². The fraction of sp³-hybridized carbons (Fsp3) is 0.321. The minimum absolute atomic E-state index is 0.139. The van der Waals surface area contributed by atoms with E-state index in [1.807, 2.05) is 50.2 Å². The van der Waals surface area contributed by atoms with E-state index in [0.717, 1.165) is 28.5 Å². The van der Waals surface area contributed by atoms with Gasteiger partial charge in [0.25, 0.3) is 0 Å². The maximum Gasteiger partial charge on any atom is 0.232 e. The van der Waals surface area contributed by atoms with Gasteiger partial charge >= 0.3 is 0 Å². The molecule has 1 aliphatic rings. The number of ether oxygens (including phenoxy) is 2. The van der Waals surface area contributed by atoms with Crippen LogP contribution in [0, 0.1) is 13.8 Å². The molecule has 36 heavy (non-hydrogen) atoms. The maximum atomic E-state index is 13.0. The second-order valence-electron chi connectivity index (χ2n) is 9.04. The van der Waals surface area contributed by atoms with Crippen LogP contribution in [0.3, 0.4) is 0 Å². The zero-order valence-electron chi connectivity index (χ0n) is 20.9. The second kappa shape index (κ2) is 11.0. The summed E-state index contributed by atoms with van der Waals surface area (Å²) in [6, 6.07) is 20.8. The molecule has 1 atom stereocenters. The number of amides is 1. The van der Waals surface area contributed by atoms with Crippen molar-refractivity contribution in [1.29, 1.82) is 0 Å². The van der Waals surface area contributed by atoms with Crippen LogP contribution in [-0.2, 0) is 14.8 Å². The van der Waals surface area contributed by atoms with Gasteiger partial charge in [0.2, 0.25) is 15.9 Å². The van der Waals surface area contributed by atoms with Gasteiger partial charge in [-0.25, -0.2) is 8.42 Å². The fourth-order valence-corrected chi connectivity index (χ4v) is 5.38. The molecule has 1 aliphatic heterocycles. The molecule has 0 spiro atoms. The number of sulfonamides is 1. The van der Waals surface area contributed by atoms with Crippen LogP contribution in [-0.4, -0.2) is 40.3 Å². The molecule has 3 aromatic carbocycles. The van der Waals surface area contributed by atoms with E-state index in [1.165, 1.54) is 4.31 Å². The highest BCUT2D eigenvalue weighted by atomic mass is 32.2. The summed E-state index contributed by atoms with van der Waals surface area (Å²) in [5, 5.41) is 3.16. The summed E-state index contributed by atoms with van der Waals surface area (Å²) >= 11 is 0. The van der Waals surface area contributed by atoms with Crippen LogP contribution in [0.15, 0.2) is 66.7 Å². The standard InChI is InChI=1S/C28H32N2O5S/c1-20-11-13-24(21(2)18-20)28(22-8-5-4-6-9-22)29-27(31)10-7-15-30(36(3,32)33)23-12-14-25-26(19-23)35-17-16-34-25/h4-6,8-9,11-14,18-19,28H,7,10,15-17H2,1-3H3,(H,29,31). The molecular formula is C28H32N2O5S. The number of carbonyl (C=O) groups is 1. The normalized spacial score (nSPS) is 13.6. The molecule has 0 bridgehead atoms. The summed E-state index contributed by atoms with van der Waals surface area (Å²) in [5.41, 5.74) is 4.78. The van der Waals surface area contributed by atoms with Crippen LogP contribution < -0.4 is 19.1 Å². The van der Waals surface area contributed by atoms with Crippen molar-refractivity contribution in [3.05, 3.63) is 89.0 Å². The number of carbonyl (C=O) groups excluding carboxylic acids is 1. The van der Waals surface area contributed by atoms with E-state index in [1.54, 1.807) is 18.2 Å². The summed E-state index contributed by atoms with van der Waals surface area (Å²) in [4.78, 5) is 13.0. The van der Waals surface area contributed by atoms with Crippen LogP contribution in [0.4, 0.5) is 5.69 Å². The van der Waals surface area contributed by atoms with E-state index in [-0.39, 0.29) is 24.9 Å². The highest BCUT2D eigenvalue weighted by Crippen LogP contribution is 2.35. The molecule has 190 valence electrons. The van der Waals surface area contributed by atoms with Crippen molar-refractivity contribution >= 4 is 21.6 Å². The Hall–Kier alpha value is -3.52. The molecule has 1 N–H and O–H groups in total. The van der Waals surface area contributed by atoms with Crippen molar-refractivity contribution in [1.82, 2.24) is 5.32 Å². The monoisotopic (exact) mass is 508 g/mol. The van der Waals surface area contributed by atoms with Crippen molar-refractivity contribution in [2.24, 2.45) is 0 Å². The average molecular weight is 509 g/mol. The van der Waals surface area contributed by atoms with Gasteiger partial charge in [-0.3, -0.25) is 9.10 Å². The summed E-state index contributed by atoms with van der Waals surface area (Å²) < 4.78 is 37.5. The first-order valence-corrected chi connectivity index (χ1v) is 13.9. The smallest absolute Gasteiger partial charge is 0.232 e. The number of nitrogens with zero attached hydrogens (tertiary/aromatic N) is 1. The number of rotatable bonds is 9. The quantitative estimate of drug-likeness (QED) is 0.459. The lowest BCUT2D eigenvalue weighted by molar-refractivity contribution is -0.121. The number of benzene rings is 3. The Morgan fingerprint density at radius 1 is 0.972 bits per heavy atom. The molecule has 0 saturated heterocycles. The lowest BCUT2D eigenvalue weighted by Gasteiger charge is -2.25. The molecule has 8 heteroatoms. The van der Waals surface area contributed by atoms with Gasteiger partial charge in [0.1, 0.15) is 13.2 Å². The van der Waals surface area contributed by atoms with Gasteiger partial charge in [0.05, 0.1) is 18.0 Å². The number of hydrogen-bond acceptors (Lipinski definition) is 5. The molecule has 0 saturated carbocycles. The molecule has 0 radical (unpaired) electrons. The summed E-state index contributed by atoms with van der Waals surface area (Å²) in [6.45, 7) is 5.14. The Labute approximate surface area is 213 Å². The Kier molecular flexibility index (Phi) is 7.84. The Balaban J connectivity index is 1.46. The zero-order valence-corrected chi connectivity index (χ0v) is 21.7. The SMILES string of the molecule is Cc1ccc(C(NC(=O)CCCN(c2ccc3c(c2)OCCO3)S(C)(=O)=O)c2ccccc2)c(C)c1. The highest BCUT2D eigenvalue weighted by Gasteiger charge is 2.22. The second-order valence-corrected chi connectivity index (χ2v) is 10.9. The lowest BCUT2D eigenvalue weighted by atomic mass is 9.93. The molecule has 1 heterocycles. The predicted octanol–water partition coefficient (Wildman–Crippen LogP) is 4.53. The third-order valence-electron chi connectivity index (χ3n) is 6.15. The van der Waals surface area contributed by atoms with E-state index in [4.69, 9.17) is 9.47 Å². The fourth-order valence-electron chi connectivity index (χ4n) is 4.43. The van der Waals surface area contributed by atoms with Crippen LogP contribution >= 0.6 is 0 Å². The van der Waals surface area contributed by atoms with Crippen molar-refractivity contribution in [3.63, 3.8) is 0 Å². The number of aryl methyl sites for hydroxylation is 2. The molecular weight excluding hydrogens is 476 g/mol. The third kappa shape index (κ3) is 6.18. The van der Waals surface area contributed by atoms with Gasteiger partial charge < -0.3 is 14.8 Å². The zero-order chi connectivity index (χ0) is 25.7. The first-order valence-electron chi connectivity index (χ1n) is 12.0. The summed E-state index contributed by atoms with van der Waals surface area (Å²) in [7, 11) is -3.56. The molecule has 1 amide bonds. The van der Waals surface area contributed by atoms with Crippen LogP contribution in [0.25, 0.3) is 0 Å². The van der Waals surface area contributed by atoms with Crippen molar-refractivity contribution in [2.45, 2.75) is 32.7 Å². The van der Waals surface area contributed by atoms with E-state index in [0.29, 0.717) is 36.8 Å². The van der Waals surface area contributed by atoms with Crippen LogP contribution in [0.2, 0.25) is 0 Å². The molecule has 0 aliphatic carbocycles. The van der Waals surface area contributed by atoms with Crippen molar-refractivity contribution in [2.75, 3.05) is 30.3 Å². The van der Waals surface area contributed by atoms with Gasteiger partial charge in [-0.15, -0.1) is 0 Å². The minimum Gasteiger partial charge on any atom is -0.486 e.